The molecule has 3 amide bonds. The summed E-state index contributed by atoms with van der Waals surface area (Å²) in [5, 5.41) is 11.4. The molecular weight excluding hydrogens is 483 g/mol. The number of aromatic nitrogens is 2. The minimum Gasteiger partial charge on any atom is -0.343 e. The Morgan fingerprint density at radius 3 is 2.63 bits per heavy atom. The lowest BCUT2D eigenvalue weighted by Crippen LogP contribution is -2.53. The van der Waals surface area contributed by atoms with Gasteiger partial charge in [0, 0.05) is 50.7 Å². The number of carbonyl (C=O) groups is 2. The second kappa shape index (κ2) is 12.4. The van der Waals surface area contributed by atoms with Crippen LogP contribution < -0.4 is 10.6 Å². The first kappa shape index (κ1) is 27.6. The summed E-state index contributed by atoms with van der Waals surface area (Å²) in [7, 11) is 5.84. The molecule has 4 rings (SSSR count). The van der Waals surface area contributed by atoms with Crippen LogP contribution in [0, 0.1) is 11.7 Å². The van der Waals surface area contributed by atoms with Gasteiger partial charge in [0.05, 0.1) is 11.7 Å². The fourth-order valence-corrected chi connectivity index (χ4v) is 5.49. The first-order valence-electron chi connectivity index (χ1n) is 13.3. The number of hydrogen-bond acceptors (Lipinski definition) is 4. The predicted octanol–water partition coefficient (Wildman–Crippen LogP) is 4.41. The number of anilines is 1. The number of aryl methyl sites for hydroxylation is 2. The Kier molecular flexibility index (Phi) is 8.99. The minimum atomic E-state index is -0.242. The van der Waals surface area contributed by atoms with E-state index >= 15 is 0 Å². The zero-order chi connectivity index (χ0) is 27.2. The summed E-state index contributed by atoms with van der Waals surface area (Å²) in [4.78, 5) is 29.2. The molecule has 204 valence electrons. The van der Waals surface area contributed by atoms with E-state index in [1.54, 1.807) is 22.7 Å². The number of hydrogen-bond donors (Lipinski definition) is 2. The Labute approximate surface area is 224 Å². The van der Waals surface area contributed by atoms with E-state index in [-0.39, 0.29) is 35.8 Å². The number of carbonyl (C=O) groups excluding carboxylic acids is 2. The Balaban J connectivity index is 1.36. The summed E-state index contributed by atoms with van der Waals surface area (Å²) in [5.41, 5.74) is 2.85. The summed E-state index contributed by atoms with van der Waals surface area (Å²) < 4.78 is 15.0. The van der Waals surface area contributed by atoms with Crippen LogP contribution in [0.3, 0.4) is 0 Å². The number of nitrogens with zero attached hydrogens (tertiary/aromatic N) is 4. The second-order valence-corrected chi connectivity index (χ2v) is 10.6. The largest absolute Gasteiger partial charge is 0.343 e. The lowest BCUT2D eigenvalue weighted by Gasteiger charge is -2.41. The average Bonchev–Trinajstić information content (AvgIpc) is 3.25. The molecule has 0 saturated heterocycles. The van der Waals surface area contributed by atoms with Crippen molar-refractivity contribution in [2.45, 2.75) is 51.1 Å². The van der Waals surface area contributed by atoms with Gasteiger partial charge in [-0.25, -0.2) is 9.18 Å². The van der Waals surface area contributed by atoms with E-state index in [0.29, 0.717) is 5.69 Å². The highest BCUT2D eigenvalue weighted by Gasteiger charge is 2.34. The molecule has 1 saturated carbocycles. The lowest BCUT2D eigenvalue weighted by atomic mass is 9.80. The third-order valence-electron chi connectivity index (χ3n) is 7.80. The second-order valence-electron chi connectivity index (χ2n) is 10.6. The van der Waals surface area contributed by atoms with Crippen LogP contribution in [0.4, 0.5) is 14.9 Å². The van der Waals surface area contributed by atoms with Gasteiger partial charge in [-0.05, 0) is 87.5 Å². The van der Waals surface area contributed by atoms with Gasteiger partial charge < -0.3 is 20.4 Å². The summed E-state index contributed by atoms with van der Waals surface area (Å²) in [6.45, 7) is 3.35. The first-order valence-corrected chi connectivity index (χ1v) is 13.3. The van der Waals surface area contributed by atoms with Gasteiger partial charge in [0.25, 0.3) is 0 Å². The molecule has 1 aliphatic rings. The highest BCUT2D eigenvalue weighted by atomic mass is 19.1. The molecule has 0 radical (unpaired) electrons. The van der Waals surface area contributed by atoms with Crippen molar-refractivity contribution in [1.29, 1.82) is 0 Å². The summed E-state index contributed by atoms with van der Waals surface area (Å²) in [6.07, 6.45) is 6.22. The summed E-state index contributed by atoms with van der Waals surface area (Å²) in [6, 6.07) is 12.2. The van der Waals surface area contributed by atoms with Crippen LogP contribution in [-0.2, 0) is 18.3 Å². The molecule has 3 aromatic rings. The third kappa shape index (κ3) is 7.10. The van der Waals surface area contributed by atoms with Gasteiger partial charge in [-0.15, -0.1) is 0 Å². The molecule has 3 atom stereocenters. The van der Waals surface area contributed by atoms with E-state index in [0.717, 1.165) is 61.7 Å². The van der Waals surface area contributed by atoms with Gasteiger partial charge >= 0.3 is 6.03 Å². The molecule has 8 nitrogen and oxygen atoms in total. The lowest BCUT2D eigenvalue weighted by molar-refractivity contribution is -0.130. The Morgan fingerprint density at radius 1 is 1.13 bits per heavy atom. The average molecular weight is 523 g/mol. The topological polar surface area (TPSA) is 82.5 Å². The van der Waals surface area contributed by atoms with Crippen molar-refractivity contribution < 1.29 is 14.0 Å². The quantitative estimate of drug-likeness (QED) is 0.436. The SMILES string of the molecule is CC(=O)N(C)[C@@H]1CC[C@@H](CN(C)CCCc2ccc(F)cc2)[C@H](NC(=O)Nc2ccc3c(cnn3C)c2)C1. The van der Waals surface area contributed by atoms with Crippen molar-refractivity contribution in [3.8, 4) is 0 Å². The van der Waals surface area contributed by atoms with Gasteiger partial charge in [-0.3, -0.25) is 9.48 Å². The molecule has 1 fully saturated rings. The zero-order valence-electron chi connectivity index (χ0n) is 22.8. The molecule has 2 aromatic carbocycles. The molecule has 38 heavy (non-hydrogen) atoms. The molecule has 0 bridgehead atoms. The van der Waals surface area contributed by atoms with Crippen molar-refractivity contribution in [3.05, 3.63) is 60.0 Å². The van der Waals surface area contributed by atoms with Crippen molar-refractivity contribution in [2.24, 2.45) is 13.0 Å². The Morgan fingerprint density at radius 2 is 1.89 bits per heavy atom. The van der Waals surface area contributed by atoms with E-state index < -0.39 is 0 Å². The van der Waals surface area contributed by atoms with Gasteiger partial charge in [0.1, 0.15) is 5.82 Å². The van der Waals surface area contributed by atoms with Gasteiger partial charge in [-0.2, -0.15) is 5.10 Å². The van der Waals surface area contributed by atoms with Crippen LogP contribution in [0.25, 0.3) is 10.9 Å². The number of amides is 3. The molecule has 9 heteroatoms. The van der Waals surface area contributed by atoms with Crippen molar-refractivity contribution in [3.63, 3.8) is 0 Å². The Bertz CT molecular complexity index is 1240. The van der Waals surface area contributed by atoms with Gasteiger partial charge in [-0.1, -0.05) is 12.1 Å². The zero-order valence-corrected chi connectivity index (χ0v) is 22.8. The van der Waals surface area contributed by atoms with E-state index in [9.17, 15) is 14.0 Å². The molecule has 1 heterocycles. The molecule has 1 aromatic heterocycles. The van der Waals surface area contributed by atoms with Crippen LogP contribution in [-0.4, -0.2) is 70.8 Å². The summed E-state index contributed by atoms with van der Waals surface area (Å²) >= 11 is 0. The van der Waals surface area contributed by atoms with E-state index in [4.69, 9.17) is 0 Å². The number of nitrogens with one attached hydrogen (secondary N) is 2. The van der Waals surface area contributed by atoms with Crippen LogP contribution in [0.15, 0.2) is 48.7 Å². The van der Waals surface area contributed by atoms with Crippen molar-refractivity contribution in [2.75, 3.05) is 32.5 Å². The fourth-order valence-electron chi connectivity index (χ4n) is 5.49. The Hall–Kier alpha value is -3.46. The summed E-state index contributed by atoms with van der Waals surface area (Å²) in [5.74, 6) is 0.102. The van der Waals surface area contributed by atoms with E-state index in [2.05, 4.69) is 27.7 Å². The number of fused-ring (bicyclic) bond motifs is 1. The predicted molar refractivity (Wildman–Crippen MR) is 148 cm³/mol. The molecule has 0 aliphatic heterocycles. The molecule has 0 unspecified atom stereocenters. The maximum absolute atomic E-state index is 13.2. The molecule has 2 N–H and O–H groups in total. The molecule has 0 spiro atoms. The monoisotopic (exact) mass is 522 g/mol. The van der Waals surface area contributed by atoms with Crippen LogP contribution in [0.2, 0.25) is 0 Å². The number of benzene rings is 2. The standard InChI is InChI=1S/C29H39FN6O2/c1-20(37)35(3)26-13-9-22(19-34(2)15-5-6-21-7-10-24(30)11-8-21)27(17-26)33-29(38)32-25-12-14-28-23(16-25)18-31-36(28)4/h7-8,10-12,14,16,18,22,26-27H,5-6,9,13,15,17,19H2,1-4H3,(H2,32,33,38)/t22-,26+,27+/m0/s1. The van der Waals surface area contributed by atoms with Gasteiger partial charge in [0.2, 0.25) is 5.91 Å². The highest BCUT2D eigenvalue weighted by molar-refractivity contribution is 5.92. The van der Waals surface area contributed by atoms with Crippen LogP contribution >= 0.6 is 0 Å². The van der Waals surface area contributed by atoms with Crippen molar-refractivity contribution in [1.82, 2.24) is 24.9 Å². The third-order valence-corrected chi connectivity index (χ3v) is 7.80. The maximum atomic E-state index is 13.2. The van der Waals surface area contributed by atoms with Gasteiger partial charge in [0.15, 0.2) is 0 Å². The minimum absolute atomic E-state index is 0.0411. The van der Waals surface area contributed by atoms with Crippen molar-refractivity contribution >= 4 is 28.5 Å². The maximum Gasteiger partial charge on any atom is 0.319 e. The smallest absolute Gasteiger partial charge is 0.319 e. The van der Waals surface area contributed by atoms with Crippen LogP contribution in [0.1, 0.15) is 38.2 Å². The normalized spacial score (nSPS) is 19.5. The first-order chi connectivity index (χ1) is 18.2. The number of halogens is 1. The molecular formula is C29H39FN6O2. The van der Waals surface area contributed by atoms with Crippen LogP contribution in [0.5, 0.6) is 0 Å². The molecule has 1 aliphatic carbocycles. The highest BCUT2D eigenvalue weighted by Crippen LogP contribution is 2.29. The number of rotatable bonds is 9. The van der Waals surface area contributed by atoms with E-state index in [1.807, 2.05) is 44.4 Å². The number of urea groups is 1. The fraction of sp³-hybridized carbons (Fsp3) is 0.483. The van der Waals surface area contributed by atoms with E-state index in [1.165, 1.54) is 12.1 Å².